The van der Waals surface area contributed by atoms with Gasteiger partial charge in [0.25, 0.3) is 0 Å². The summed E-state index contributed by atoms with van der Waals surface area (Å²) in [6.45, 7) is 0.878. The van der Waals surface area contributed by atoms with E-state index in [-0.39, 0.29) is 19.6 Å². The highest BCUT2D eigenvalue weighted by Crippen LogP contribution is 2.36. The fourth-order valence-corrected chi connectivity index (χ4v) is 1.55. The van der Waals surface area contributed by atoms with Gasteiger partial charge in [0.1, 0.15) is 5.75 Å². The van der Waals surface area contributed by atoms with Gasteiger partial charge in [-0.2, -0.15) is 13.2 Å². The van der Waals surface area contributed by atoms with E-state index in [9.17, 15) is 18.0 Å². The average Bonchev–Trinajstić information content (AvgIpc) is 2.37. The number of alkyl halides is 3. The number of ether oxygens (including phenoxy) is 2. The van der Waals surface area contributed by atoms with Crippen LogP contribution in [0.5, 0.6) is 5.75 Å². The fraction of sp³-hybridized carbons (Fsp3) is 0.462. The van der Waals surface area contributed by atoms with Crippen LogP contribution >= 0.6 is 0 Å². The third kappa shape index (κ3) is 4.73. The first-order valence-corrected chi connectivity index (χ1v) is 5.98. The molecule has 20 heavy (non-hydrogen) atoms. The Morgan fingerprint density at radius 1 is 1.35 bits per heavy atom. The predicted molar refractivity (Wildman–Crippen MR) is 64.4 cm³/mol. The Bertz CT molecular complexity index is 457. The van der Waals surface area contributed by atoms with Crippen molar-refractivity contribution in [2.75, 3.05) is 19.8 Å². The van der Waals surface area contributed by atoms with Crippen LogP contribution in [0.2, 0.25) is 0 Å². The van der Waals surface area contributed by atoms with E-state index in [1.807, 2.05) is 0 Å². The molecule has 1 N–H and O–H groups in total. The van der Waals surface area contributed by atoms with Crippen molar-refractivity contribution >= 4 is 5.97 Å². The van der Waals surface area contributed by atoms with Crippen LogP contribution in [0.4, 0.5) is 13.2 Å². The molecule has 112 valence electrons. The lowest BCUT2D eigenvalue weighted by Gasteiger charge is -2.14. The summed E-state index contributed by atoms with van der Waals surface area (Å²) in [5.41, 5.74) is -0.643. The number of rotatable bonds is 6. The van der Waals surface area contributed by atoms with Crippen molar-refractivity contribution in [2.45, 2.75) is 19.5 Å². The molecule has 1 aromatic rings. The molecule has 0 aromatic heterocycles. The zero-order valence-electron chi connectivity index (χ0n) is 10.9. The predicted octanol–water partition coefficient (Wildman–Crippen LogP) is 2.18. The van der Waals surface area contributed by atoms with Crippen molar-refractivity contribution in [3.05, 3.63) is 29.3 Å². The second-order valence-electron chi connectivity index (χ2n) is 3.90. The number of aliphatic hydroxyl groups is 1. The maximum atomic E-state index is 12.9. The summed E-state index contributed by atoms with van der Waals surface area (Å²) in [7, 11) is 0. The molecule has 0 amide bonds. The van der Waals surface area contributed by atoms with Crippen LogP contribution in [0.1, 0.15) is 18.1 Å². The number of halogens is 3. The molecule has 1 aromatic carbocycles. The standard InChI is InChI=1S/C13H15F3O4/c1-2-19-12(18)8-20-11-4-3-9(5-6-17)7-10(11)13(14,15)16/h3-4,7,17H,2,5-6,8H2,1H3. The van der Waals surface area contributed by atoms with Gasteiger partial charge in [0.15, 0.2) is 6.61 Å². The molecule has 0 radical (unpaired) electrons. The SMILES string of the molecule is CCOC(=O)COc1ccc(CCO)cc1C(F)(F)F. The van der Waals surface area contributed by atoms with Crippen LogP contribution in [-0.4, -0.2) is 30.9 Å². The largest absolute Gasteiger partial charge is 0.481 e. The van der Waals surface area contributed by atoms with E-state index in [4.69, 9.17) is 9.84 Å². The summed E-state index contributed by atoms with van der Waals surface area (Å²) in [6, 6.07) is 3.44. The first-order chi connectivity index (χ1) is 9.38. The minimum Gasteiger partial charge on any atom is -0.481 e. The van der Waals surface area contributed by atoms with E-state index in [1.54, 1.807) is 6.92 Å². The third-order valence-corrected chi connectivity index (χ3v) is 2.40. The van der Waals surface area contributed by atoms with Crippen LogP contribution in [0.3, 0.4) is 0 Å². The molecule has 0 heterocycles. The fourth-order valence-electron chi connectivity index (χ4n) is 1.55. The molecule has 0 saturated heterocycles. The Hall–Kier alpha value is -1.76. The molecular weight excluding hydrogens is 277 g/mol. The number of benzene rings is 1. The zero-order chi connectivity index (χ0) is 15.2. The van der Waals surface area contributed by atoms with Crippen molar-refractivity contribution in [1.29, 1.82) is 0 Å². The first kappa shape index (κ1) is 16.3. The third-order valence-electron chi connectivity index (χ3n) is 2.40. The van der Waals surface area contributed by atoms with Gasteiger partial charge in [0, 0.05) is 6.61 Å². The van der Waals surface area contributed by atoms with Crippen LogP contribution in [0, 0.1) is 0 Å². The molecule has 0 saturated carbocycles. The van der Waals surface area contributed by atoms with E-state index in [1.165, 1.54) is 6.07 Å². The Morgan fingerprint density at radius 3 is 2.60 bits per heavy atom. The number of carbonyl (C=O) groups is 1. The molecule has 0 aliphatic rings. The van der Waals surface area contributed by atoms with Gasteiger partial charge in [-0.05, 0) is 31.0 Å². The number of aliphatic hydroxyl groups excluding tert-OH is 1. The maximum Gasteiger partial charge on any atom is 0.419 e. The van der Waals surface area contributed by atoms with E-state index in [2.05, 4.69) is 4.74 Å². The van der Waals surface area contributed by atoms with Crippen LogP contribution in [0.25, 0.3) is 0 Å². The monoisotopic (exact) mass is 292 g/mol. The van der Waals surface area contributed by atoms with E-state index < -0.39 is 30.1 Å². The summed E-state index contributed by atoms with van der Waals surface area (Å²) < 4.78 is 48.1. The lowest BCUT2D eigenvalue weighted by atomic mass is 10.1. The zero-order valence-corrected chi connectivity index (χ0v) is 10.9. The van der Waals surface area contributed by atoms with Gasteiger partial charge < -0.3 is 14.6 Å². The topological polar surface area (TPSA) is 55.8 Å². The molecule has 0 aliphatic carbocycles. The van der Waals surface area contributed by atoms with E-state index >= 15 is 0 Å². The van der Waals surface area contributed by atoms with Crippen LogP contribution in [-0.2, 0) is 22.1 Å². The highest BCUT2D eigenvalue weighted by Gasteiger charge is 2.34. The molecule has 4 nitrogen and oxygen atoms in total. The van der Waals surface area contributed by atoms with E-state index in [0.29, 0.717) is 5.56 Å². The molecule has 0 atom stereocenters. The smallest absolute Gasteiger partial charge is 0.419 e. The van der Waals surface area contributed by atoms with Crippen LogP contribution in [0.15, 0.2) is 18.2 Å². The van der Waals surface area contributed by atoms with Gasteiger partial charge >= 0.3 is 12.1 Å². The van der Waals surface area contributed by atoms with Crippen LogP contribution < -0.4 is 4.74 Å². The number of hydrogen-bond acceptors (Lipinski definition) is 4. The summed E-state index contributed by atoms with van der Waals surface area (Å²) in [6.07, 6.45) is -4.49. The highest BCUT2D eigenvalue weighted by atomic mass is 19.4. The normalized spacial score (nSPS) is 11.2. The molecule has 7 heteroatoms. The van der Waals surface area contributed by atoms with Gasteiger partial charge in [-0.3, -0.25) is 0 Å². The van der Waals surface area contributed by atoms with E-state index in [0.717, 1.165) is 12.1 Å². The van der Waals surface area contributed by atoms with Crippen molar-refractivity contribution in [1.82, 2.24) is 0 Å². The van der Waals surface area contributed by atoms with Gasteiger partial charge in [0.2, 0.25) is 0 Å². The molecule has 0 unspecified atom stereocenters. The van der Waals surface area contributed by atoms with Gasteiger partial charge in [-0.15, -0.1) is 0 Å². The second-order valence-corrected chi connectivity index (χ2v) is 3.90. The second kappa shape index (κ2) is 7.14. The van der Waals surface area contributed by atoms with Gasteiger partial charge in [-0.25, -0.2) is 4.79 Å². The Balaban J connectivity index is 2.91. The molecule has 0 aliphatic heterocycles. The first-order valence-electron chi connectivity index (χ1n) is 5.98. The van der Waals surface area contributed by atoms with Crippen molar-refractivity contribution in [3.63, 3.8) is 0 Å². The summed E-state index contributed by atoms with van der Waals surface area (Å²) in [4.78, 5) is 11.1. The maximum absolute atomic E-state index is 12.9. The minimum atomic E-state index is -4.60. The van der Waals surface area contributed by atoms with Crippen molar-refractivity contribution < 1.29 is 32.5 Å². The van der Waals surface area contributed by atoms with Crippen molar-refractivity contribution in [2.24, 2.45) is 0 Å². The quantitative estimate of drug-likeness (QED) is 0.817. The van der Waals surface area contributed by atoms with Gasteiger partial charge in [-0.1, -0.05) is 6.07 Å². The summed E-state index contributed by atoms with van der Waals surface area (Å²) >= 11 is 0. The molecule has 0 bridgehead atoms. The molecule has 0 fully saturated rings. The van der Waals surface area contributed by atoms with Gasteiger partial charge in [0.05, 0.1) is 12.2 Å². The Kier molecular flexibility index (Phi) is 5.82. The molecular formula is C13H15F3O4. The Labute approximate surface area is 114 Å². The highest BCUT2D eigenvalue weighted by molar-refractivity contribution is 5.71. The lowest BCUT2D eigenvalue weighted by Crippen LogP contribution is -2.17. The number of esters is 1. The Morgan fingerprint density at radius 2 is 2.05 bits per heavy atom. The average molecular weight is 292 g/mol. The molecule has 0 spiro atoms. The van der Waals surface area contributed by atoms with Crippen molar-refractivity contribution in [3.8, 4) is 5.75 Å². The summed E-state index contributed by atoms with van der Waals surface area (Å²) in [5.74, 6) is -1.17. The lowest BCUT2D eigenvalue weighted by molar-refractivity contribution is -0.147. The number of carbonyl (C=O) groups excluding carboxylic acids is 1. The molecule has 1 rings (SSSR count). The minimum absolute atomic E-state index is 0.112. The summed E-state index contributed by atoms with van der Waals surface area (Å²) in [5, 5.41) is 8.74. The number of hydrogen-bond donors (Lipinski definition) is 1.